The van der Waals surface area contributed by atoms with E-state index in [0.717, 1.165) is 17.5 Å². The van der Waals surface area contributed by atoms with Crippen molar-refractivity contribution < 1.29 is 9.53 Å². The summed E-state index contributed by atoms with van der Waals surface area (Å²) in [6, 6.07) is 5.55. The van der Waals surface area contributed by atoms with Gasteiger partial charge in [0.05, 0.1) is 6.54 Å². The second-order valence-electron chi connectivity index (χ2n) is 4.61. The molecule has 4 nitrogen and oxygen atoms in total. The largest absolute Gasteiger partial charge is 0.385 e. The molecular weight excluding hydrogens is 252 g/mol. The average Bonchev–Trinajstić information content (AvgIpc) is 2.45. The molecule has 2 N–H and O–H groups in total. The SMILES string of the molecule is COCCCN(C)C(=O)c1ccc(C#CCN)c(C)c1. The zero-order valence-electron chi connectivity index (χ0n) is 12.4. The topological polar surface area (TPSA) is 55.6 Å². The second-order valence-corrected chi connectivity index (χ2v) is 4.61. The van der Waals surface area contributed by atoms with E-state index in [-0.39, 0.29) is 5.91 Å². The number of nitrogens with zero attached hydrogens (tertiary/aromatic N) is 1. The molecule has 1 amide bonds. The average molecular weight is 274 g/mol. The zero-order valence-corrected chi connectivity index (χ0v) is 12.4. The highest BCUT2D eigenvalue weighted by molar-refractivity contribution is 5.94. The van der Waals surface area contributed by atoms with Crippen LogP contribution in [-0.4, -0.2) is 44.7 Å². The number of aryl methyl sites for hydroxylation is 1. The maximum Gasteiger partial charge on any atom is 0.253 e. The Hall–Kier alpha value is -1.83. The lowest BCUT2D eigenvalue weighted by atomic mass is 10.0. The van der Waals surface area contributed by atoms with E-state index in [1.54, 1.807) is 19.1 Å². The number of methoxy groups -OCH3 is 1. The van der Waals surface area contributed by atoms with Gasteiger partial charge >= 0.3 is 0 Å². The van der Waals surface area contributed by atoms with Crippen LogP contribution in [0.5, 0.6) is 0 Å². The molecule has 0 fully saturated rings. The summed E-state index contributed by atoms with van der Waals surface area (Å²) < 4.78 is 4.99. The first-order chi connectivity index (χ1) is 9.60. The van der Waals surface area contributed by atoms with Gasteiger partial charge in [0.25, 0.3) is 5.91 Å². The summed E-state index contributed by atoms with van der Waals surface area (Å²) >= 11 is 0. The molecule has 0 saturated carbocycles. The van der Waals surface area contributed by atoms with E-state index < -0.39 is 0 Å². The molecule has 0 atom stereocenters. The molecule has 0 aromatic heterocycles. The first-order valence-corrected chi connectivity index (χ1v) is 6.64. The molecule has 0 aliphatic carbocycles. The van der Waals surface area contributed by atoms with E-state index in [1.165, 1.54) is 0 Å². The van der Waals surface area contributed by atoms with E-state index in [9.17, 15) is 4.79 Å². The number of carbonyl (C=O) groups is 1. The number of hydrogen-bond acceptors (Lipinski definition) is 3. The van der Waals surface area contributed by atoms with Crippen LogP contribution in [0.2, 0.25) is 0 Å². The summed E-state index contributed by atoms with van der Waals surface area (Å²) in [7, 11) is 3.46. The van der Waals surface area contributed by atoms with Gasteiger partial charge in [-0.3, -0.25) is 4.79 Å². The molecule has 20 heavy (non-hydrogen) atoms. The van der Waals surface area contributed by atoms with Crippen molar-refractivity contribution in [1.82, 2.24) is 4.90 Å². The van der Waals surface area contributed by atoms with Gasteiger partial charge in [0.1, 0.15) is 0 Å². The summed E-state index contributed by atoms with van der Waals surface area (Å²) in [6.45, 7) is 3.62. The van der Waals surface area contributed by atoms with Crippen molar-refractivity contribution >= 4 is 5.91 Å². The number of hydrogen-bond donors (Lipinski definition) is 1. The molecule has 0 spiro atoms. The van der Waals surface area contributed by atoms with Crippen molar-refractivity contribution in [3.8, 4) is 11.8 Å². The van der Waals surface area contributed by atoms with Gasteiger partial charge in [-0.05, 0) is 37.1 Å². The second kappa shape index (κ2) is 8.36. The Kier molecular flexibility index (Phi) is 6.78. The fourth-order valence-electron chi connectivity index (χ4n) is 1.85. The van der Waals surface area contributed by atoms with Crippen LogP contribution < -0.4 is 5.73 Å². The summed E-state index contributed by atoms with van der Waals surface area (Å²) in [6.07, 6.45) is 0.831. The van der Waals surface area contributed by atoms with Crippen molar-refractivity contribution in [2.75, 3.05) is 33.9 Å². The Balaban J connectivity index is 2.76. The minimum Gasteiger partial charge on any atom is -0.385 e. The minimum absolute atomic E-state index is 0.0162. The molecule has 1 aromatic rings. The van der Waals surface area contributed by atoms with Crippen LogP contribution >= 0.6 is 0 Å². The van der Waals surface area contributed by atoms with E-state index in [2.05, 4.69) is 11.8 Å². The number of ether oxygens (including phenoxy) is 1. The molecule has 0 unspecified atom stereocenters. The van der Waals surface area contributed by atoms with Crippen molar-refractivity contribution in [2.45, 2.75) is 13.3 Å². The molecule has 0 heterocycles. The predicted molar refractivity (Wildman–Crippen MR) is 80.6 cm³/mol. The van der Waals surface area contributed by atoms with Crippen LogP contribution in [0.3, 0.4) is 0 Å². The monoisotopic (exact) mass is 274 g/mol. The van der Waals surface area contributed by atoms with Crippen molar-refractivity contribution in [3.63, 3.8) is 0 Å². The third kappa shape index (κ3) is 4.69. The van der Waals surface area contributed by atoms with Crippen molar-refractivity contribution in [1.29, 1.82) is 0 Å². The highest BCUT2D eigenvalue weighted by Crippen LogP contribution is 2.12. The quantitative estimate of drug-likeness (QED) is 0.652. The number of carbonyl (C=O) groups excluding carboxylic acids is 1. The molecule has 0 radical (unpaired) electrons. The van der Waals surface area contributed by atoms with Crippen molar-refractivity contribution in [2.24, 2.45) is 5.73 Å². The highest BCUT2D eigenvalue weighted by atomic mass is 16.5. The predicted octanol–water partition coefficient (Wildman–Crippen LogP) is 1.41. The zero-order chi connectivity index (χ0) is 15.0. The smallest absolute Gasteiger partial charge is 0.253 e. The normalized spacial score (nSPS) is 9.80. The van der Waals surface area contributed by atoms with E-state index >= 15 is 0 Å². The van der Waals surface area contributed by atoms with Gasteiger partial charge in [0, 0.05) is 38.4 Å². The first kappa shape index (κ1) is 16.2. The summed E-state index contributed by atoms with van der Waals surface area (Å²) in [5.74, 6) is 5.83. The van der Waals surface area contributed by atoms with E-state index in [0.29, 0.717) is 25.3 Å². The third-order valence-corrected chi connectivity index (χ3v) is 2.99. The summed E-state index contributed by atoms with van der Waals surface area (Å²) in [4.78, 5) is 14.0. The van der Waals surface area contributed by atoms with Gasteiger partial charge in [0.2, 0.25) is 0 Å². The number of rotatable bonds is 5. The lowest BCUT2D eigenvalue weighted by molar-refractivity contribution is 0.0779. The Labute approximate surface area is 120 Å². The third-order valence-electron chi connectivity index (χ3n) is 2.99. The van der Waals surface area contributed by atoms with Crippen LogP contribution in [0.15, 0.2) is 18.2 Å². The van der Waals surface area contributed by atoms with Gasteiger partial charge in [0.15, 0.2) is 0 Å². The van der Waals surface area contributed by atoms with Crippen LogP contribution in [0, 0.1) is 18.8 Å². The minimum atomic E-state index is 0.0162. The first-order valence-electron chi connectivity index (χ1n) is 6.64. The highest BCUT2D eigenvalue weighted by Gasteiger charge is 2.12. The fraction of sp³-hybridized carbons (Fsp3) is 0.438. The molecular formula is C16H22N2O2. The lowest BCUT2D eigenvalue weighted by Crippen LogP contribution is -2.28. The standard InChI is InChI=1S/C16H22N2O2/c1-13-12-15(8-7-14(13)6-4-9-17)16(19)18(2)10-5-11-20-3/h7-8,12H,5,9-11,17H2,1-3H3. The summed E-state index contributed by atoms with van der Waals surface area (Å²) in [5.41, 5.74) is 7.94. The van der Waals surface area contributed by atoms with Crippen molar-refractivity contribution in [3.05, 3.63) is 34.9 Å². The van der Waals surface area contributed by atoms with Crippen LogP contribution in [-0.2, 0) is 4.74 Å². The Morgan fingerprint density at radius 2 is 2.20 bits per heavy atom. The number of benzene rings is 1. The van der Waals surface area contributed by atoms with Gasteiger partial charge in [-0.1, -0.05) is 11.8 Å². The molecule has 1 rings (SSSR count). The van der Waals surface area contributed by atoms with Gasteiger partial charge < -0.3 is 15.4 Å². The van der Waals surface area contributed by atoms with Crippen LogP contribution in [0.4, 0.5) is 0 Å². The Morgan fingerprint density at radius 3 is 2.80 bits per heavy atom. The fourth-order valence-corrected chi connectivity index (χ4v) is 1.85. The Morgan fingerprint density at radius 1 is 1.45 bits per heavy atom. The summed E-state index contributed by atoms with van der Waals surface area (Å²) in [5, 5.41) is 0. The van der Waals surface area contributed by atoms with Gasteiger partial charge in [-0.15, -0.1) is 0 Å². The van der Waals surface area contributed by atoms with E-state index in [1.807, 2.05) is 25.1 Å². The molecule has 0 aliphatic heterocycles. The molecule has 0 aliphatic rings. The van der Waals surface area contributed by atoms with Crippen LogP contribution in [0.25, 0.3) is 0 Å². The lowest BCUT2D eigenvalue weighted by Gasteiger charge is -2.17. The maximum absolute atomic E-state index is 12.2. The molecule has 108 valence electrons. The van der Waals surface area contributed by atoms with Crippen LogP contribution in [0.1, 0.15) is 27.9 Å². The number of amides is 1. The van der Waals surface area contributed by atoms with E-state index in [4.69, 9.17) is 10.5 Å². The Bertz CT molecular complexity index is 515. The molecule has 0 saturated heterocycles. The van der Waals surface area contributed by atoms with Gasteiger partial charge in [-0.2, -0.15) is 0 Å². The molecule has 4 heteroatoms. The molecule has 1 aromatic carbocycles. The maximum atomic E-state index is 12.2. The van der Waals surface area contributed by atoms with Gasteiger partial charge in [-0.25, -0.2) is 0 Å². The molecule has 0 bridgehead atoms. The number of nitrogens with two attached hydrogens (primary N) is 1.